The molecule has 4 heterocycles. The highest BCUT2D eigenvalue weighted by atomic mass is 32.1. The van der Waals surface area contributed by atoms with Gasteiger partial charge in [-0.2, -0.15) is 5.10 Å². The van der Waals surface area contributed by atoms with Crippen LogP contribution in [0.1, 0.15) is 32.1 Å². The lowest BCUT2D eigenvalue weighted by molar-refractivity contribution is -0.122. The number of nitrogens with one attached hydrogen (secondary N) is 1. The summed E-state index contributed by atoms with van der Waals surface area (Å²) in [6, 6.07) is 4.14. The summed E-state index contributed by atoms with van der Waals surface area (Å²) >= 11 is 3.05. The number of carbonyl (C=O) groups is 1. The zero-order valence-electron chi connectivity index (χ0n) is 17.2. The van der Waals surface area contributed by atoms with Gasteiger partial charge >= 0.3 is 0 Å². The van der Waals surface area contributed by atoms with Gasteiger partial charge in [0.15, 0.2) is 10.6 Å². The minimum atomic E-state index is -0.315. The molecule has 10 heteroatoms. The maximum absolute atomic E-state index is 13.2. The number of hydrogen-bond donors (Lipinski definition) is 1. The number of rotatable bonds is 5. The fraction of sp³-hybridized carbons (Fsp3) is 0.524. The molecule has 0 aromatic carbocycles. The molecule has 0 spiro atoms. The number of amides is 1. The van der Waals surface area contributed by atoms with Gasteiger partial charge in [0.1, 0.15) is 12.2 Å². The van der Waals surface area contributed by atoms with Crippen LogP contribution in [0.25, 0.3) is 20.8 Å². The summed E-state index contributed by atoms with van der Waals surface area (Å²) in [6.45, 7) is 2.71. The predicted octanol–water partition coefficient (Wildman–Crippen LogP) is 2.87. The molecule has 3 aromatic heterocycles. The largest absolute Gasteiger partial charge is 0.378 e. The Morgan fingerprint density at radius 3 is 2.77 bits per heavy atom. The van der Waals surface area contributed by atoms with Gasteiger partial charge < -0.3 is 15.0 Å². The molecule has 164 valence electrons. The lowest BCUT2D eigenvalue weighted by atomic mass is 9.95. The Morgan fingerprint density at radius 1 is 1.23 bits per heavy atom. The van der Waals surface area contributed by atoms with E-state index in [2.05, 4.69) is 20.3 Å². The van der Waals surface area contributed by atoms with Crippen molar-refractivity contribution >= 4 is 43.9 Å². The maximum Gasteiger partial charge on any atom is 0.294 e. The Labute approximate surface area is 187 Å². The summed E-state index contributed by atoms with van der Waals surface area (Å²) in [5.41, 5.74) is 0.785. The van der Waals surface area contributed by atoms with Crippen LogP contribution in [0.3, 0.4) is 0 Å². The first-order chi connectivity index (χ1) is 15.2. The average Bonchev–Trinajstić information content (AvgIpc) is 3.48. The molecule has 1 amide bonds. The molecule has 8 nitrogen and oxygen atoms in total. The van der Waals surface area contributed by atoms with Crippen LogP contribution >= 0.6 is 22.7 Å². The highest BCUT2D eigenvalue weighted by molar-refractivity contribution is 7.23. The van der Waals surface area contributed by atoms with Gasteiger partial charge in [-0.25, -0.2) is 9.67 Å². The van der Waals surface area contributed by atoms with Gasteiger partial charge in [-0.1, -0.05) is 36.7 Å². The second kappa shape index (κ2) is 9.05. The Hall–Kier alpha value is -2.30. The van der Waals surface area contributed by atoms with E-state index in [4.69, 9.17) is 4.74 Å². The van der Waals surface area contributed by atoms with E-state index < -0.39 is 0 Å². The van der Waals surface area contributed by atoms with E-state index in [0.29, 0.717) is 24.4 Å². The number of fused-ring (bicyclic) bond motifs is 1. The molecule has 2 fully saturated rings. The second-order valence-corrected chi connectivity index (χ2v) is 9.89. The van der Waals surface area contributed by atoms with Crippen molar-refractivity contribution in [3.63, 3.8) is 0 Å². The molecule has 1 aliphatic carbocycles. The number of anilines is 1. The summed E-state index contributed by atoms with van der Waals surface area (Å²) in [5, 5.41) is 10.5. The molecule has 1 aliphatic heterocycles. The van der Waals surface area contributed by atoms with Gasteiger partial charge in [-0.05, 0) is 24.3 Å². The standard InChI is InChI=1S/C21H25N5O3S2/c27-16(22-14-5-2-1-3-6-14)13-26-20(28)18-19(17(24-26)15-7-4-12-30-15)31-21(23-18)25-8-10-29-11-9-25/h4,7,12,14H,1-3,5-6,8-11,13H2,(H,22,27). The third-order valence-electron chi connectivity index (χ3n) is 5.79. The molecule has 1 saturated carbocycles. The summed E-state index contributed by atoms with van der Waals surface area (Å²) in [6.07, 6.45) is 5.51. The molecular formula is C21H25N5O3S2. The van der Waals surface area contributed by atoms with Gasteiger partial charge in [0.2, 0.25) is 5.91 Å². The average molecular weight is 460 g/mol. The van der Waals surface area contributed by atoms with Gasteiger partial charge in [0.25, 0.3) is 5.56 Å². The van der Waals surface area contributed by atoms with Crippen LogP contribution in [0.5, 0.6) is 0 Å². The molecule has 31 heavy (non-hydrogen) atoms. The van der Waals surface area contributed by atoms with Crippen LogP contribution in [-0.2, 0) is 16.1 Å². The topological polar surface area (TPSA) is 89.3 Å². The molecule has 0 bridgehead atoms. The Balaban J connectivity index is 1.50. The molecular weight excluding hydrogens is 434 g/mol. The number of nitrogens with zero attached hydrogens (tertiary/aromatic N) is 4. The van der Waals surface area contributed by atoms with Crippen molar-refractivity contribution in [3.8, 4) is 10.6 Å². The minimum absolute atomic E-state index is 0.0892. The summed E-state index contributed by atoms with van der Waals surface area (Å²) < 4.78 is 7.49. The number of morpholine rings is 1. The number of aromatic nitrogens is 3. The van der Waals surface area contributed by atoms with E-state index in [-0.39, 0.29) is 24.1 Å². The van der Waals surface area contributed by atoms with Crippen molar-refractivity contribution in [2.24, 2.45) is 0 Å². The number of thiazole rings is 1. The van der Waals surface area contributed by atoms with E-state index in [9.17, 15) is 9.59 Å². The maximum atomic E-state index is 13.2. The van der Waals surface area contributed by atoms with Gasteiger partial charge in [0, 0.05) is 19.1 Å². The van der Waals surface area contributed by atoms with E-state index in [1.807, 2.05) is 17.5 Å². The Morgan fingerprint density at radius 2 is 2.03 bits per heavy atom. The SMILES string of the molecule is O=C(Cn1nc(-c2cccs2)c2sc(N3CCOCC3)nc2c1=O)NC1CCCCC1. The van der Waals surface area contributed by atoms with Crippen molar-refractivity contribution in [2.75, 3.05) is 31.2 Å². The smallest absolute Gasteiger partial charge is 0.294 e. The highest BCUT2D eigenvalue weighted by Gasteiger charge is 2.23. The molecule has 0 atom stereocenters. The van der Waals surface area contributed by atoms with Crippen LogP contribution in [-0.4, -0.2) is 53.0 Å². The van der Waals surface area contributed by atoms with Crippen molar-refractivity contribution in [3.05, 3.63) is 27.9 Å². The predicted molar refractivity (Wildman–Crippen MR) is 123 cm³/mol. The zero-order valence-corrected chi connectivity index (χ0v) is 18.8. The monoisotopic (exact) mass is 459 g/mol. The Kier molecular flexibility index (Phi) is 6.02. The molecule has 1 N–H and O–H groups in total. The number of thiophene rings is 1. The third kappa shape index (κ3) is 4.37. The molecule has 0 unspecified atom stereocenters. The third-order valence-corrected chi connectivity index (χ3v) is 7.79. The molecule has 1 saturated heterocycles. The highest BCUT2D eigenvalue weighted by Crippen LogP contribution is 2.35. The first-order valence-corrected chi connectivity index (χ1v) is 12.5. The fourth-order valence-electron chi connectivity index (χ4n) is 4.18. The van der Waals surface area contributed by atoms with Gasteiger partial charge in [-0.15, -0.1) is 11.3 Å². The number of carbonyl (C=O) groups excluding carboxylic acids is 1. The first-order valence-electron chi connectivity index (χ1n) is 10.8. The normalized spacial score (nSPS) is 17.9. The summed E-state index contributed by atoms with van der Waals surface area (Å²) in [4.78, 5) is 33.7. The van der Waals surface area contributed by atoms with Crippen LogP contribution in [0, 0.1) is 0 Å². The van der Waals surface area contributed by atoms with Crippen LogP contribution < -0.4 is 15.8 Å². The van der Waals surface area contributed by atoms with Crippen LogP contribution in [0.2, 0.25) is 0 Å². The molecule has 5 rings (SSSR count). The quantitative estimate of drug-likeness (QED) is 0.631. The summed E-state index contributed by atoms with van der Waals surface area (Å²) in [7, 11) is 0. The zero-order chi connectivity index (χ0) is 21.2. The van der Waals surface area contributed by atoms with Crippen molar-refractivity contribution < 1.29 is 9.53 Å². The molecule has 2 aliphatic rings. The number of ether oxygens (including phenoxy) is 1. The van der Waals surface area contributed by atoms with Crippen molar-refractivity contribution in [1.82, 2.24) is 20.1 Å². The van der Waals surface area contributed by atoms with Crippen molar-refractivity contribution in [2.45, 2.75) is 44.7 Å². The molecule has 0 radical (unpaired) electrons. The van der Waals surface area contributed by atoms with E-state index in [1.165, 1.54) is 22.4 Å². The van der Waals surface area contributed by atoms with Crippen LogP contribution in [0.15, 0.2) is 22.3 Å². The number of hydrogen-bond acceptors (Lipinski definition) is 8. The Bertz CT molecular complexity index is 1110. The lowest BCUT2D eigenvalue weighted by Gasteiger charge is -2.25. The second-order valence-electron chi connectivity index (χ2n) is 7.96. The summed E-state index contributed by atoms with van der Waals surface area (Å²) in [5.74, 6) is -0.165. The van der Waals surface area contributed by atoms with E-state index >= 15 is 0 Å². The minimum Gasteiger partial charge on any atom is -0.378 e. The fourth-order valence-corrected chi connectivity index (χ4v) is 6.06. The first kappa shape index (κ1) is 20.6. The lowest BCUT2D eigenvalue weighted by Crippen LogP contribution is -2.40. The van der Waals surface area contributed by atoms with Gasteiger partial charge in [0.05, 0.1) is 22.8 Å². The van der Waals surface area contributed by atoms with Gasteiger partial charge in [-0.3, -0.25) is 9.59 Å². The van der Waals surface area contributed by atoms with Crippen LogP contribution in [0.4, 0.5) is 5.13 Å². The van der Waals surface area contributed by atoms with E-state index in [0.717, 1.165) is 53.5 Å². The van der Waals surface area contributed by atoms with E-state index in [1.54, 1.807) is 11.3 Å². The van der Waals surface area contributed by atoms with Crippen molar-refractivity contribution in [1.29, 1.82) is 0 Å². The molecule has 3 aromatic rings.